The monoisotopic (exact) mass is 399 g/mol. The number of fused-ring (bicyclic) bond motifs is 2. The van der Waals surface area contributed by atoms with Crippen molar-refractivity contribution in [2.75, 3.05) is 0 Å². The van der Waals surface area contributed by atoms with Crippen LogP contribution in [0.2, 0.25) is 5.15 Å². The molecule has 0 amide bonds. The number of nitrogens with zero attached hydrogens (tertiary/aromatic N) is 3. The van der Waals surface area contributed by atoms with Gasteiger partial charge in [0.1, 0.15) is 6.10 Å². The zero-order valence-corrected chi connectivity index (χ0v) is 16.5. The average Bonchev–Trinajstić information content (AvgIpc) is 3.33. The van der Waals surface area contributed by atoms with Crippen LogP contribution in [0.4, 0.5) is 0 Å². The van der Waals surface area contributed by atoms with E-state index in [1.165, 1.54) is 0 Å². The second-order valence-electron chi connectivity index (χ2n) is 7.84. The molecule has 0 spiro atoms. The number of halogens is 1. The van der Waals surface area contributed by atoms with Gasteiger partial charge in [0.05, 0.1) is 18.8 Å². The van der Waals surface area contributed by atoms with Gasteiger partial charge in [0.15, 0.2) is 16.6 Å². The van der Waals surface area contributed by atoms with Crippen LogP contribution < -0.4 is 0 Å². The molecule has 3 aromatic rings. The molecule has 1 saturated heterocycles. The smallest absolute Gasteiger partial charge is 0.175 e. The summed E-state index contributed by atoms with van der Waals surface area (Å²) in [5.74, 6) is -0.539. The fourth-order valence-electron chi connectivity index (χ4n) is 4.34. The predicted octanol–water partition coefficient (Wildman–Crippen LogP) is 3.98. The van der Waals surface area contributed by atoms with E-state index in [4.69, 9.17) is 25.8 Å². The minimum Gasteiger partial charge on any atom is -0.371 e. The van der Waals surface area contributed by atoms with Crippen LogP contribution in [0, 0.1) is 0 Å². The Labute approximate surface area is 168 Å². The molecule has 2 aromatic heterocycles. The summed E-state index contributed by atoms with van der Waals surface area (Å²) in [6, 6.07) is 10.2. The van der Waals surface area contributed by atoms with E-state index >= 15 is 0 Å². The Morgan fingerprint density at radius 1 is 1.18 bits per heavy atom. The topological polar surface area (TPSA) is 57.9 Å². The van der Waals surface area contributed by atoms with E-state index in [-0.39, 0.29) is 24.2 Å². The van der Waals surface area contributed by atoms with Crippen LogP contribution in [-0.4, -0.2) is 38.5 Å². The van der Waals surface area contributed by atoms with Crippen molar-refractivity contribution in [3.05, 3.63) is 65.3 Å². The molecular weight excluding hydrogens is 378 g/mol. The molecule has 6 nitrogen and oxygen atoms in total. The molecular formula is C21H22ClN3O3. The minimum atomic E-state index is -0.637. The highest BCUT2D eigenvalue weighted by molar-refractivity contribution is 6.32. The first-order valence-electron chi connectivity index (χ1n) is 9.50. The van der Waals surface area contributed by atoms with Crippen molar-refractivity contribution in [2.24, 2.45) is 0 Å². The Hall–Kier alpha value is -1.99. The van der Waals surface area contributed by atoms with Gasteiger partial charge in [-0.05, 0) is 25.8 Å². The van der Waals surface area contributed by atoms with Crippen LogP contribution in [0.15, 0.2) is 48.9 Å². The van der Waals surface area contributed by atoms with Crippen molar-refractivity contribution in [2.45, 2.75) is 56.9 Å². The van der Waals surface area contributed by atoms with Gasteiger partial charge in [0.25, 0.3) is 0 Å². The predicted molar refractivity (Wildman–Crippen MR) is 104 cm³/mol. The van der Waals surface area contributed by atoms with Gasteiger partial charge >= 0.3 is 0 Å². The molecule has 5 rings (SSSR count). The molecule has 1 aromatic carbocycles. The minimum absolute atomic E-state index is 0.0557. The summed E-state index contributed by atoms with van der Waals surface area (Å²) in [5, 5.41) is 0.393. The molecule has 0 radical (unpaired) electrons. The SMILES string of the molecule is CC1(C)O[C@@H]2[C@H](O1)[C@@H](OCc1ccccc1)C[C@H]2c1cnc2c(Cl)nccn12. The van der Waals surface area contributed by atoms with Crippen LogP contribution >= 0.6 is 11.6 Å². The zero-order chi connectivity index (χ0) is 19.3. The van der Waals surface area contributed by atoms with E-state index in [0.717, 1.165) is 17.7 Å². The largest absolute Gasteiger partial charge is 0.371 e. The van der Waals surface area contributed by atoms with E-state index in [9.17, 15) is 0 Å². The summed E-state index contributed by atoms with van der Waals surface area (Å²) in [4.78, 5) is 8.58. The van der Waals surface area contributed by atoms with Gasteiger partial charge in [-0.15, -0.1) is 0 Å². The summed E-state index contributed by atoms with van der Waals surface area (Å²) in [7, 11) is 0. The summed E-state index contributed by atoms with van der Waals surface area (Å²) in [5.41, 5.74) is 2.84. The molecule has 7 heteroatoms. The molecule has 3 heterocycles. The second kappa shape index (κ2) is 6.81. The van der Waals surface area contributed by atoms with E-state index in [2.05, 4.69) is 22.1 Å². The van der Waals surface area contributed by atoms with Crippen molar-refractivity contribution < 1.29 is 14.2 Å². The van der Waals surface area contributed by atoms with Crippen molar-refractivity contribution in [3.63, 3.8) is 0 Å². The lowest BCUT2D eigenvalue weighted by atomic mass is 10.0. The quantitative estimate of drug-likeness (QED) is 0.664. The molecule has 4 atom stereocenters. The van der Waals surface area contributed by atoms with E-state index < -0.39 is 5.79 Å². The Bertz CT molecular complexity index is 991. The number of benzene rings is 1. The number of ether oxygens (including phenoxy) is 3. The van der Waals surface area contributed by atoms with Gasteiger partial charge in [0.2, 0.25) is 0 Å². The summed E-state index contributed by atoms with van der Waals surface area (Å²) in [6.07, 6.45) is 5.96. The first-order valence-corrected chi connectivity index (χ1v) is 9.88. The fraction of sp³-hybridized carbons (Fsp3) is 0.429. The summed E-state index contributed by atoms with van der Waals surface area (Å²) in [6.45, 7) is 4.45. The highest BCUT2D eigenvalue weighted by Gasteiger charge is 2.55. The maximum absolute atomic E-state index is 6.29. The third-order valence-electron chi connectivity index (χ3n) is 5.51. The molecule has 1 aliphatic heterocycles. The van der Waals surface area contributed by atoms with Gasteiger partial charge in [0, 0.05) is 30.2 Å². The molecule has 2 fully saturated rings. The van der Waals surface area contributed by atoms with Crippen molar-refractivity contribution in [3.8, 4) is 0 Å². The standard InChI is InChI=1S/C21H22ClN3O3/c1-21(2)27-17-14(15-11-24-20-19(22)23-8-9-25(15)20)10-16(18(17)28-21)26-12-13-6-4-3-5-7-13/h3-9,11,14,16-18H,10,12H2,1-2H3/t14-,16-,17-,18+/m0/s1. The Kier molecular flexibility index (Phi) is 4.39. The first-order chi connectivity index (χ1) is 13.5. The normalized spacial score (nSPS) is 28.7. The number of aromatic nitrogens is 3. The lowest BCUT2D eigenvalue weighted by Crippen LogP contribution is -2.30. The first kappa shape index (κ1) is 18.1. The van der Waals surface area contributed by atoms with E-state index in [1.807, 2.05) is 48.8 Å². The molecule has 0 N–H and O–H groups in total. The number of hydrogen-bond donors (Lipinski definition) is 0. The molecule has 2 aliphatic rings. The van der Waals surface area contributed by atoms with Gasteiger partial charge < -0.3 is 14.2 Å². The van der Waals surface area contributed by atoms with Crippen LogP contribution in [0.1, 0.15) is 37.4 Å². The average molecular weight is 400 g/mol. The molecule has 1 aliphatic carbocycles. The lowest BCUT2D eigenvalue weighted by Gasteiger charge is -2.23. The van der Waals surface area contributed by atoms with Crippen molar-refractivity contribution >= 4 is 17.2 Å². The van der Waals surface area contributed by atoms with Gasteiger partial charge in [-0.25, -0.2) is 9.97 Å². The van der Waals surface area contributed by atoms with Crippen molar-refractivity contribution in [1.29, 1.82) is 0 Å². The number of hydrogen-bond acceptors (Lipinski definition) is 5. The maximum atomic E-state index is 6.29. The third-order valence-corrected chi connectivity index (χ3v) is 5.78. The maximum Gasteiger partial charge on any atom is 0.175 e. The van der Waals surface area contributed by atoms with Crippen LogP contribution in [0.3, 0.4) is 0 Å². The molecule has 0 bridgehead atoms. The van der Waals surface area contributed by atoms with Gasteiger partial charge in [-0.2, -0.15) is 0 Å². The second-order valence-corrected chi connectivity index (χ2v) is 8.19. The van der Waals surface area contributed by atoms with Gasteiger partial charge in [-0.3, -0.25) is 4.40 Å². The highest BCUT2D eigenvalue weighted by atomic mass is 35.5. The van der Waals surface area contributed by atoms with E-state index in [1.54, 1.807) is 6.20 Å². The summed E-state index contributed by atoms with van der Waals surface area (Å²) >= 11 is 6.20. The zero-order valence-electron chi connectivity index (χ0n) is 15.8. The Morgan fingerprint density at radius 2 is 1.96 bits per heavy atom. The van der Waals surface area contributed by atoms with Gasteiger partial charge in [-0.1, -0.05) is 41.9 Å². The summed E-state index contributed by atoms with van der Waals surface area (Å²) < 4.78 is 20.8. The third kappa shape index (κ3) is 3.10. The van der Waals surface area contributed by atoms with Crippen LogP contribution in [0.25, 0.3) is 5.65 Å². The highest BCUT2D eigenvalue weighted by Crippen LogP contribution is 2.47. The fourth-order valence-corrected chi connectivity index (χ4v) is 4.54. The van der Waals surface area contributed by atoms with Crippen molar-refractivity contribution in [1.82, 2.24) is 14.4 Å². The Morgan fingerprint density at radius 3 is 2.79 bits per heavy atom. The Balaban J connectivity index is 1.44. The molecule has 0 unspecified atom stereocenters. The number of rotatable bonds is 4. The van der Waals surface area contributed by atoms with Crippen LogP contribution in [0.5, 0.6) is 0 Å². The number of imidazole rings is 1. The molecule has 146 valence electrons. The van der Waals surface area contributed by atoms with Crippen LogP contribution in [-0.2, 0) is 20.8 Å². The molecule has 28 heavy (non-hydrogen) atoms. The van der Waals surface area contributed by atoms with E-state index in [0.29, 0.717) is 17.4 Å². The lowest BCUT2D eigenvalue weighted by molar-refractivity contribution is -0.169. The molecule has 1 saturated carbocycles.